The number of carbonyl (C=O) groups excluding carboxylic acids is 1. The van der Waals surface area contributed by atoms with E-state index in [4.69, 9.17) is 0 Å². The number of hydrogen-bond donors (Lipinski definition) is 1. The smallest absolute Gasteiger partial charge is 0.320 e. The number of alkyl halides is 3. The van der Waals surface area contributed by atoms with E-state index >= 15 is 0 Å². The minimum Gasteiger partial charge on any atom is -0.320 e. The SMILES string of the molecule is O=C(Nc1c(F)cccc1C(F)(F)F)N1CCc2ccccc2C1. The third kappa shape index (κ3) is 3.20. The number of fused-ring (bicyclic) bond motifs is 1. The van der Waals surface area contributed by atoms with E-state index in [0.717, 1.165) is 29.3 Å². The molecule has 0 saturated heterocycles. The summed E-state index contributed by atoms with van der Waals surface area (Å²) in [7, 11) is 0. The van der Waals surface area contributed by atoms with Gasteiger partial charge in [0.05, 0.1) is 11.3 Å². The summed E-state index contributed by atoms with van der Waals surface area (Å²) in [5.41, 5.74) is -0.00554. The number of halogens is 4. The van der Waals surface area contributed by atoms with E-state index in [1.165, 1.54) is 4.90 Å². The zero-order valence-electron chi connectivity index (χ0n) is 12.5. The third-order valence-electron chi connectivity index (χ3n) is 3.97. The summed E-state index contributed by atoms with van der Waals surface area (Å²) in [5.74, 6) is -1.12. The number of nitrogens with zero attached hydrogens (tertiary/aromatic N) is 1. The second-order valence-corrected chi connectivity index (χ2v) is 5.53. The molecule has 0 aromatic heterocycles. The first-order valence-electron chi connectivity index (χ1n) is 7.34. The molecule has 24 heavy (non-hydrogen) atoms. The second-order valence-electron chi connectivity index (χ2n) is 5.53. The Hall–Kier alpha value is -2.57. The minimum absolute atomic E-state index is 0.276. The van der Waals surface area contributed by atoms with Crippen LogP contribution in [0, 0.1) is 5.82 Å². The Kier molecular flexibility index (Phi) is 4.17. The van der Waals surface area contributed by atoms with Crippen LogP contribution in [-0.2, 0) is 19.1 Å². The Morgan fingerprint density at radius 2 is 1.75 bits per heavy atom. The maximum Gasteiger partial charge on any atom is 0.418 e. The van der Waals surface area contributed by atoms with Crippen LogP contribution in [0.1, 0.15) is 16.7 Å². The van der Waals surface area contributed by atoms with Crippen LogP contribution in [0.5, 0.6) is 0 Å². The number of para-hydroxylation sites is 1. The summed E-state index contributed by atoms with van der Waals surface area (Å²) in [6, 6.07) is 9.37. The molecule has 0 aliphatic carbocycles. The Morgan fingerprint density at radius 3 is 2.46 bits per heavy atom. The van der Waals surface area contributed by atoms with Crippen LogP contribution >= 0.6 is 0 Å². The van der Waals surface area contributed by atoms with Crippen LogP contribution in [0.2, 0.25) is 0 Å². The van der Waals surface area contributed by atoms with Crippen molar-refractivity contribution in [3.8, 4) is 0 Å². The number of urea groups is 1. The molecule has 126 valence electrons. The van der Waals surface area contributed by atoms with Gasteiger partial charge < -0.3 is 10.2 Å². The fourth-order valence-corrected chi connectivity index (χ4v) is 2.74. The predicted molar refractivity (Wildman–Crippen MR) is 81.0 cm³/mol. The van der Waals surface area contributed by atoms with E-state index in [2.05, 4.69) is 5.32 Å². The Balaban J connectivity index is 1.82. The topological polar surface area (TPSA) is 32.3 Å². The Morgan fingerprint density at radius 1 is 1.04 bits per heavy atom. The van der Waals surface area contributed by atoms with Gasteiger partial charge in [-0.15, -0.1) is 0 Å². The average molecular weight is 338 g/mol. The summed E-state index contributed by atoms with van der Waals surface area (Å²) in [5, 5.41) is 2.08. The molecular formula is C17H14F4N2O. The molecule has 0 spiro atoms. The van der Waals surface area contributed by atoms with Crippen molar-refractivity contribution in [3.05, 3.63) is 65.0 Å². The molecule has 1 heterocycles. The van der Waals surface area contributed by atoms with Gasteiger partial charge in [-0.25, -0.2) is 9.18 Å². The molecule has 0 fully saturated rings. The van der Waals surface area contributed by atoms with Gasteiger partial charge in [0, 0.05) is 13.1 Å². The van der Waals surface area contributed by atoms with Gasteiger partial charge in [0.25, 0.3) is 0 Å². The Bertz CT molecular complexity index is 773. The quantitative estimate of drug-likeness (QED) is 0.766. The standard InChI is InChI=1S/C17H14F4N2O/c18-14-7-3-6-13(17(19,20)21)15(14)22-16(24)23-9-8-11-4-1-2-5-12(11)10-23/h1-7H,8-10H2,(H,22,24). The number of carbonyl (C=O) groups is 1. The van der Waals surface area contributed by atoms with Crippen LogP contribution in [0.15, 0.2) is 42.5 Å². The summed E-state index contributed by atoms with van der Waals surface area (Å²) in [4.78, 5) is 13.7. The predicted octanol–water partition coefficient (Wildman–Crippen LogP) is 4.43. The van der Waals surface area contributed by atoms with Crippen molar-refractivity contribution in [2.24, 2.45) is 0 Å². The summed E-state index contributed by atoms with van der Waals surface area (Å²) in [6.07, 6.45) is -4.15. The van der Waals surface area contributed by atoms with Crippen LogP contribution < -0.4 is 5.32 Å². The molecule has 2 aromatic rings. The first-order chi connectivity index (χ1) is 11.4. The van der Waals surface area contributed by atoms with Crippen molar-refractivity contribution >= 4 is 11.7 Å². The molecule has 0 bridgehead atoms. The highest BCUT2D eigenvalue weighted by molar-refractivity contribution is 5.90. The molecule has 1 aliphatic rings. The number of amides is 2. The molecule has 7 heteroatoms. The van der Waals surface area contributed by atoms with E-state index in [0.29, 0.717) is 13.0 Å². The van der Waals surface area contributed by atoms with E-state index in [9.17, 15) is 22.4 Å². The largest absolute Gasteiger partial charge is 0.418 e. The second kappa shape index (κ2) is 6.14. The number of rotatable bonds is 1. The van der Waals surface area contributed by atoms with Crippen molar-refractivity contribution in [1.29, 1.82) is 0 Å². The monoisotopic (exact) mass is 338 g/mol. The third-order valence-corrected chi connectivity index (χ3v) is 3.97. The van der Waals surface area contributed by atoms with Crippen molar-refractivity contribution in [3.63, 3.8) is 0 Å². The fraction of sp³-hybridized carbons (Fsp3) is 0.235. The first kappa shape index (κ1) is 16.3. The van der Waals surface area contributed by atoms with Gasteiger partial charge >= 0.3 is 12.2 Å². The van der Waals surface area contributed by atoms with Crippen molar-refractivity contribution in [2.45, 2.75) is 19.1 Å². The van der Waals surface area contributed by atoms with Crippen molar-refractivity contribution < 1.29 is 22.4 Å². The molecule has 1 aliphatic heterocycles. The maximum atomic E-state index is 13.8. The van der Waals surface area contributed by atoms with Gasteiger partial charge in [-0.05, 0) is 29.7 Å². The van der Waals surface area contributed by atoms with E-state index < -0.39 is 29.3 Å². The number of nitrogens with one attached hydrogen (secondary N) is 1. The molecule has 0 saturated carbocycles. The fourth-order valence-electron chi connectivity index (χ4n) is 2.74. The van der Waals surface area contributed by atoms with Gasteiger partial charge in [0.2, 0.25) is 0 Å². The van der Waals surface area contributed by atoms with Gasteiger partial charge in [-0.1, -0.05) is 30.3 Å². The maximum absolute atomic E-state index is 13.8. The van der Waals surface area contributed by atoms with E-state index in [1.807, 2.05) is 24.3 Å². The molecule has 0 unspecified atom stereocenters. The van der Waals surface area contributed by atoms with E-state index in [-0.39, 0.29) is 6.54 Å². The lowest BCUT2D eigenvalue weighted by atomic mass is 10.0. The highest BCUT2D eigenvalue weighted by Crippen LogP contribution is 2.36. The van der Waals surface area contributed by atoms with E-state index in [1.54, 1.807) is 0 Å². The average Bonchev–Trinajstić information content (AvgIpc) is 2.55. The molecule has 2 amide bonds. The lowest BCUT2D eigenvalue weighted by molar-refractivity contribution is -0.137. The van der Waals surface area contributed by atoms with Crippen LogP contribution in [-0.4, -0.2) is 17.5 Å². The molecule has 3 rings (SSSR count). The molecular weight excluding hydrogens is 324 g/mol. The zero-order chi connectivity index (χ0) is 17.3. The highest BCUT2D eigenvalue weighted by Gasteiger charge is 2.35. The van der Waals surface area contributed by atoms with Crippen LogP contribution in [0.3, 0.4) is 0 Å². The van der Waals surface area contributed by atoms with Crippen LogP contribution in [0.4, 0.5) is 28.0 Å². The summed E-state index contributed by atoms with van der Waals surface area (Å²) >= 11 is 0. The van der Waals surface area contributed by atoms with Gasteiger partial charge in [-0.3, -0.25) is 0 Å². The lowest BCUT2D eigenvalue weighted by Gasteiger charge is -2.29. The number of benzene rings is 2. The lowest BCUT2D eigenvalue weighted by Crippen LogP contribution is -2.39. The number of hydrogen-bond acceptors (Lipinski definition) is 1. The van der Waals surface area contributed by atoms with Gasteiger partial charge in [-0.2, -0.15) is 13.2 Å². The summed E-state index contributed by atoms with van der Waals surface area (Å²) in [6.45, 7) is 0.635. The summed E-state index contributed by atoms with van der Waals surface area (Å²) < 4.78 is 52.8. The zero-order valence-corrected chi connectivity index (χ0v) is 12.5. The minimum atomic E-state index is -4.75. The normalized spacial score (nSPS) is 14.2. The Labute approximate surface area is 135 Å². The van der Waals surface area contributed by atoms with Crippen molar-refractivity contribution in [1.82, 2.24) is 4.90 Å². The highest BCUT2D eigenvalue weighted by atomic mass is 19.4. The molecule has 0 radical (unpaired) electrons. The molecule has 3 nitrogen and oxygen atoms in total. The van der Waals surface area contributed by atoms with Crippen LogP contribution in [0.25, 0.3) is 0 Å². The van der Waals surface area contributed by atoms with Gasteiger partial charge in [0.1, 0.15) is 5.82 Å². The van der Waals surface area contributed by atoms with Gasteiger partial charge in [0.15, 0.2) is 0 Å². The van der Waals surface area contributed by atoms with Crippen molar-refractivity contribution in [2.75, 3.05) is 11.9 Å². The molecule has 0 atom stereocenters. The number of anilines is 1. The molecule has 2 aromatic carbocycles. The molecule has 1 N–H and O–H groups in total. The first-order valence-corrected chi connectivity index (χ1v) is 7.34.